The molecule has 1 aliphatic heterocycles. The minimum atomic E-state index is -0.830. The highest BCUT2D eigenvalue weighted by Crippen LogP contribution is 2.23. The zero-order valence-electron chi connectivity index (χ0n) is 15.2. The Balaban J connectivity index is 1.66. The summed E-state index contributed by atoms with van der Waals surface area (Å²) in [5.74, 6) is -2.08. The van der Waals surface area contributed by atoms with E-state index in [1.807, 2.05) is 22.8 Å². The van der Waals surface area contributed by atoms with Gasteiger partial charge in [0.25, 0.3) is 11.7 Å². The molecular formula is C22H15N3O4. The molecule has 142 valence electrons. The molecular weight excluding hydrogens is 370 g/mol. The van der Waals surface area contributed by atoms with Crippen LogP contribution in [0.4, 0.5) is 0 Å². The fourth-order valence-electron chi connectivity index (χ4n) is 3.27. The molecule has 1 amide bonds. The molecule has 0 saturated carbocycles. The van der Waals surface area contributed by atoms with Crippen LogP contribution in [0.15, 0.2) is 66.5 Å². The Morgan fingerprint density at radius 3 is 2.76 bits per heavy atom. The second-order valence-corrected chi connectivity index (χ2v) is 6.56. The van der Waals surface area contributed by atoms with Crippen LogP contribution < -0.4 is 5.32 Å². The van der Waals surface area contributed by atoms with Crippen molar-refractivity contribution >= 4 is 28.6 Å². The Bertz CT molecular complexity index is 1230. The minimum Gasteiger partial charge on any atom is -0.456 e. The van der Waals surface area contributed by atoms with Gasteiger partial charge in [0, 0.05) is 29.7 Å². The van der Waals surface area contributed by atoms with Gasteiger partial charge < -0.3 is 14.6 Å². The maximum atomic E-state index is 12.8. The van der Waals surface area contributed by atoms with E-state index in [-0.39, 0.29) is 17.9 Å². The van der Waals surface area contributed by atoms with Crippen molar-refractivity contribution in [3.8, 4) is 6.07 Å². The van der Waals surface area contributed by atoms with Gasteiger partial charge in [-0.1, -0.05) is 30.3 Å². The Kier molecular flexibility index (Phi) is 4.67. The van der Waals surface area contributed by atoms with Crippen LogP contribution in [0.5, 0.6) is 0 Å². The number of cyclic esters (lactones) is 1. The summed E-state index contributed by atoms with van der Waals surface area (Å²) in [6, 6.07) is 16.6. The first-order valence-electron chi connectivity index (χ1n) is 8.85. The number of amides is 1. The largest absolute Gasteiger partial charge is 0.456 e. The fraction of sp³-hybridized carbons (Fsp3) is 0.0909. The number of benzene rings is 2. The van der Waals surface area contributed by atoms with E-state index in [1.165, 1.54) is 0 Å². The summed E-state index contributed by atoms with van der Waals surface area (Å²) >= 11 is 0. The molecule has 1 N–H and O–H groups in total. The molecule has 2 heterocycles. The van der Waals surface area contributed by atoms with Crippen molar-refractivity contribution in [2.45, 2.75) is 6.54 Å². The first-order chi connectivity index (χ1) is 14.0. The third-order valence-electron chi connectivity index (χ3n) is 4.58. The number of ether oxygens (including phenoxy) is 1. The Morgan fingerprint density at radius 1 is 1.17 bits per heavy atom. The first kappa shape index (κ1) is 18.2. The van der Waals surface area contributed by atoms with Crippen LogP contribution in [-0.2, 0) is 20.9 Å². The van der Waals surface area contributed by atoms with Crippen molar-refractivity contribution in [2.75, 3.05) is 6.61 Å². The number of Topliss-reactive ketones (excluding diaryl/α,β-unsaturated/α-hetero) is 1. The summed E-state index contributed by atoms with van der Waals surface area (Å²) in [6.07, 6.45) is 2.78. The lowest BCUT2D eigenvalue weighted by Gasteiger charge is -2.05. The lowest BCUT2D eigenvalue weighted by molar-refractivity contribution is -0.135. The third kappa shape index (κ3) is 3.64. The number of carbonyl (C=O) groups is 3. The Morgan fingerprint density at radius 2 is 2.00 bits per heavy atom. The topological polar surface area (TPSA) is 101 Å². The molecule has 0 saturated heterocycles. The second-order valence-electron chi connectivity index (χ2n) is 6.56. The smallest absolute Gasteiger partial charge is 0.333 e. The lowest BCUT2D eigenvalue weighted by Crippen LogP contribution is -2.31. The average Bonchev–Trinajstić information content (AvgIpc) is 3.31. The third-order valence-corrected chi connectivity index (χ3v) is 4.58. The standard InChI is InChI=1S/C22H15N3O4/c23-10-14-4-3-5-15(8-14)11-25-12-18(17-6-1-2-7-19(17)25)21(27)22(28)24-16-9-20(26)29-13-16/h1-9,12H,11,13H2,(H,24,28). The number of esters is 1. The molecule has 0 fully saturated rings. The van der Waals surface area contributed by atoms with Crippen LogP contribution in [0, 0.1) is 11.3 Å². The number of rotatable bonds is 5. The predicted octanol–water partition coefficient (Wildman–Crippen LogP) is 2.30. The van der Waals surface area contributed by atoms with Gasteiger partial charge in [-0.05, 0) is 23.8 Å². The number of carbonyl (C=O) groups excluding carboxylic acids is 3. The summed E-state index contributed by atoms with van der Waals surface area (Å²) in [4.78, 5) is 36.3. The van der Waals surface area contributed by atoms with Crippen LogP contribution in [0.25, 0.3) is 10.9 Å². The van der Waals surface area contributed by atoms with Gasteiger partial charge in [-0.3, -0.25) is 9.59 Å². The first-order valence-corrected chi connectivity index (χ1v) is 8.85. The van der Waals surface area contributed by atoms with Crippen LogP contribution >= 0.6 is 0 Å². The molecule has 1 aliphatic rings. The van der Waals surface area contributed by atoms with E-state index in [0.717, 1.165) is 17.2 Å². The van der Waals surface area contributed by atoms with Gasteiger partial charge in [0.15, 0.2) is 0 Å². The highest BCUT2D eigenvalue weighted by Gasteiger charge is 2.24. The van der Waals surface area contributed by atoms with Crippen molar-refractivity contribution in [3.63, 3.8) is 0 Å². The van der Waals surface area contributed by atoms with E-state index in [1.54, 1.807) is 36.5 Å². The molecule has 4 rings (SSSR count). The summed E-state index contributed by atoms with van der Waals surface area (Å²) in [7, 11) is 0. The summed E-state index contributed by atoms with van der Waals surface area (Å²) in [5.41, 5.74) is 2.77. The molecule has 0 spiro atoms. The highest BCUT2D eigenvalue weighted by atomic mass is 16.5. The van der Waals surface area contributed by atoms with Gasteiger partial charge in [0.2, 0.25) is 0 Å². The van der Waals surface area contributed by atoms with E-state index in [9.17, 15) is 14.4 Å². The molecule has 0 radical (unpaired) electrons. The van der Waals surface area contributed by atoms with Gasteiger partial charge in [0.1, 0.15) is 6.61 Å². The van der Waals surface area contributed by atoms with Gasteiger partial charge in [-0.15, -0.1) is 0 Å². The van der Waals surface area contributed by atoms with Crippen LogP contribution in [-0.4, -0.2) is 28.8 Å². The van der Waals surface area contributed by atoms with Gasteiger partial charge in [-0.2, -0.15) is 5.26 Å². The minimum absolute atomic E-state index is 0.0607. The molecule has 7 heteroatoms. The van der Waals surface area contributed by atoms with Gasteiger partial charge in [0.05, 0.1) is 22.9 Å². The van der Waals surface area contributed by atoms with Crippen molar-refractivity contribution in [1.82, 2.24) is 9.88 Å². The molecule has 0 aliphatic carbocycles. The van der Waals surface area contributed by atoms with Crippen LogP contribution in [0.1, 0.15) is 21.5 Å². The number of nitrogens with one attached hydrogen (secondary N) is 1. The van der Waals surface area contributed by atoms with Crippen LogP contribution in [0.2, 0.25) is 0 Å². The van der Waals surface area contributed by atoms with E-state index >= 15 is 0 Å². The molecule has 0 atom stereocenters. The number of ketones is 1. The predicted molar refractivity (Wildman–Crippen MR) is 104 cm³/mol. The van der Waals surface area contributed by atoms with E-state index in [0.29, 0.717) is 17.5 Å². The quantitative estimate of drug-likeness (QED) is 0.413. The van der Waals surface area contributed by atoms with E-state index in [4.69, 9.17) is 10.00 Å². The van der Waals surface area contributed by atoms with Crippen molar-refractivity contribution < 1.29 is 19.1 Å². The number of hydrogen-bond donors (Lipinski definition) is 1. The highest BCUT2D eigenvalue weighted by molar-refractivity contribution is 6.45. The number of fused-ring (bicyclic) bond motifs is 1. The van der Waals surface area contributed by atoms with Crippen molar-refractivity contribution in [3.05, 3.63) is 83.2 Å². The summed E-state index contributed by atoms with van der Waals surface area (Å²) < 4.78 is 6.60. The number of aromatic nitrogens is 1. The number of para-hydroxylation sites is 1. The summed E-state index contributed by atoms with van der Waals surface area (Å²) in [6.45, 7) is 0.382. The molecule has 0 bridgehead atoms. The molecule has 3 aromatic rings. The molecule has 2 aromatic carbocycles. The van der Waals surface area contributed by atoms with Gasteiger partial charge in [-0.25, -0.2) is 4.79 Å². The zero-order chi connectivity index (χ0) is 20.4. The normalized spacial score (nSPS) is 12.9. The molecule has 0 unspecified atom stereocenters. The number of nitriles is 1. The second kappa shape index (κ2) is 7.44. The van der Waals surface area contributed by atoms with Crippen molar-refractivity contribution in [2.24, 2.45) is 0 Å². The zero-order valence-corrected chi connectivity index (χ0v) is 15.2. The molecule has 7 nitrogen and oxygen atoms in total. The lowest BCUT2D eigenvalue weighted by atomic mass is 10.1. The SMILES string of the molecule is N#Cc1cccc(Cn2cc(C(=O)C(=O)NC3=CC(=O)OC3)c3ccccc32)c1. The average molecular weight is 385 g/mol. The van der Waals surface area contributed by atoms with E-state index < -0.39 is 17.7 Å². The Hall–Kier alpha value is -4.18. The van der Waals surface area contributed by atoms with Crippen LogP contribution in [0.3, 0.4) is 0 Å². The fourth-order valence-corrected chi connectivity index (χ4v) is 3.27. The van der Waals surface area contributed by atoms with E-state index in [2.05, 4.69) is 11.4 Å². The maximum Gasteiger partial charge on any atom is 0.333 e. The maximum absolute atomic E-state index is 12.8. The van der Waals surface area contributed by atoms with Gasteiger partial charge >= 0.3 is 5.97 Å². The van der Waals surface area contributed by atoms with Crippen molar-refractivity contribution in [1.29, 1.82) is 5.26 Å². The number of hydrogen-bond acceptors (Lipinski definition) is 5. The molecule has 1 aromatic heterocycles. The monoisotopic (exact) mass is 385 g/mol. The number of nitrogens with zero attached hydrogens (tertiary/aromatic N) is 2. The summed E-state index contributed by atoms with van der Waals surface area (Å²) in [5, 5.41) is 12.2. The molecule has 29 heavy (non-hydrogen) atoms. The Labute approximate surface area is 165 Å².